The van der Waals surface area contributed by atoms with Crippen molar-refractivity contribution in [2.75, 3.05) is 0 Å². The second-order valence-corrected chi connectivity index (χ2v) is 9.56. The lowest BCUT2D eigenvalue weighted by molar-refractivity contribution is 0.169. The second-order valence-electron chi connectivity index (χ2n) is 7.70. The molecule has 0 bridgehead atoms. The van der Waals surface area contributed by atoms with Crippen LogP contribution in [0.4, 0.5) is 4.39 Å². The number of nitrogens with zero attached hydrogens (tertiary/aromatic N) is 1. The van der Waals surface area contributed by atoms with E-state index in [0.717, 1.165) is 37.7 Å². The van der Waals surface area contributed by atoms with Crippen molar-refractivity contribution in [3.63, 3.8) is 0 Å². The molecule has 2 aromatic carbocycles. The maximum atomic E-state index is 13.5. The zero-order chi connectivity index (χ0) is 18.4. The van der Waals surface area contributed by atoms with Gasteiger partial charge in [0.05, 0.1) is 4.90 Å². The largest absolute Gasteiger partial charge is 0.243 e. The molecule has 0 saturated heterocycles. The quantitative estimate of drug-likeness (QED) is 0.756. The van der Waals surface area contributed by atoms with Crippen LogP contribution in [0.3, 0.4) is 0 Å². The van der Waals surface area contributed by atoms with Crippen molar-refractivity contribution in [1.82, 2.24) is 4.31 Å². The van der Waals surface area contributed by atoms with Gasteiger partial charge in [0, 0.05) is 12.1 Å². The van der Waals surface area contributed by atoms with Crippen LogP contribution in [0.25, 0.3) is 0 Å². The van der Waals surface area contributed by atoms with E-state index >= 15 is 0 Å². The Labute approximate surface area is 154 Å². The topological polar surface area (TPSA) is 37.4 Å². The highest BCUT2D eigenvalue weighted by Gasteiger charge is 2.48. The second kappa shape index (κ2) is 6.46. The van der Waals surface area contributed by atoms with E-state index in [1.807, 2.05) is 18.2 Å². The van der Waals surface area contributed by atoms with E-state index in [4.69, 9.17) is 0 Å². The van der Waals surface area contributed by atoms with E-state index in [9.17, 15) is 12.8 Å². The number of fused-ring (bicyclic) bond motifs is 1. The average Bonchev–Trinajstić information content (AvgIpc) is 3.04. The lowest BCUT2D eigenvalue weighted by Crippen LogP contribution is -2.49. The van der Waals surface area contributed by atoms with E-state index in [1.54, 1.807) is 4.31 Å². The van der Waals surface area contributed by atoms with Crippen molar-refractivity contribution in [3.8, 4) is 0 Å². The minimum atomic E-state index is -3.69. The fraction of sp³-hybridized carbons (Fsp3) is 0.429. The van der Waals surface area contributed by atoms with Gasteiger partial charge in [-0.3, -0.25) is 0 Å². The Kier molecular flexibility index (Phi) is 4.40. The molecule has 0 unspecified atom stereocenters. The smallest absolute Gasteiger partial charge is 0.207 e. The molecule has 3 nitrogen and oxygen atoms in total. The number of halogens is 1. The molecule has 138 valence electrons. The number of hydrogen-bond acceptors (Lipinski definition) is 2. The van der Waals surface area contributed by atoms with Crippen LogP contribution >= 0.6 is 0 Å². The highest BCUT2D eigenvalue weighted by Crippen LogP contribution is 2.48. The normalized spacial score (nSPS) is 22.9. The molecule has 4 rings (SSSR count). The van der Waals surface area contributed by atoms with E-state index in [2.05, 4.69) is 13.0 Å². The van der Waals surface area contributed by atoms with Crippen molar-refractivity contribution in [3.05, 3.63) is 65.5 Å². The van der Waals surface area contributed by atoms with E-state index in [-0.39, 0.29) is 10.4 Å². The molecule has 0 aromatic heterocycles. The van der Waals surface area contributed by atoms with Crippen molar-refractivity contribution in [2.45, 2.75) is 61.9 Å². The van der Waals surface area contributed by atoms with Crippen molar-refractivity contribution < 1.29 is 12.8 Å². The number of sulfonamides is 1. The molecular weight excluding hydrogens is 349 g/mol. The van der Waals surface area contributed by atoms with Crippen LogP contribution in [-0.2, 0) is 16.6 Å². The number of rotatable bonds is 2. The first-order valence-corrected chi connectivity index (χ1v) is 10.7. The van der Waals surface area contributed by atoms with Gasteiger partial charge in [0.25, 0.3) is 0 Å². The first-order valence-electron chi connectivity index (χ1n) is 9.29. The molecule has 1 heterocycles. The summed E-state index contributed by atoms with van der Waals surface area (Å²) in [6.45, 7) is 2.59. The lowest BCUT2D eigenvalue weighted by atomic mass is 9.84. The molecule has 0 radical (unpaired) electrons. The Balaban J connectivity index is 1.84. The first kappa shape index (κ1) is 17.7. The average molecular weight is 373 g/mol. The molecule has 1 spiro atoms. The third kappa shape index (κ3) is 2.87. The number of hydrogen-bond donors (Lipinski definition) is 0. The summed E-state index contributed by atoms with van der Waals surface area (Å²) in [5.74, 6) is -0.105. The fourth-order valence-electron chi connectivity index (χ4n) is 4.82. The van der Waals surface area contributed by atoms with Gasteiger partial charge < -0.3 is 0 Å². The van der Waals surface area contributed by atoms with Gasteiger partial charge in [-0.05, 0) is 60.6 Å². The molecule has 2 aliphatic rings. The van der Waals surface area contributed by atoms with E-state index in [1.165, 1.54) is 29.8 Å². The van der Waals surface area contributed by atoms with Gasteiger partial charge in [0.1, 0.15) is 5.82 Å². The first-order chi connectivity index (χ1) is 12.4. The lowest BCUT2D eigenvalue weighted by Gasteiger charge is -2.40. The van der Waals surface area contributed by atoms with Crippen molar-refractivity contribution in [1.29, 1.82) is 0 Å². The molecule has 1 fully saturated rings. The maximum Gasteiger partial charge on any atom is 0.243 e. The Morgan fingerprint density at radius 2 is 1.69 bits per heavy atom. The predicted molar refractivity (Wildman–Crippen MR) is 99.8 cm³/mol. The summed E-state index contributed by atoms with van der Waals surface area (Å²) in [6.07, 6.45) is 4.74. The van der Waals surface area contributed by atoms with Crippen LogP contribution in [0, 0.1) is 5.82 Å². The van der Waals surface area contributed by atoms with Gasteiger partial charge in [-0.15, -0.1) is 0 Å². The summed E-state index contributed by atoms with van der Waals surface area (Å²) >= 11 is 0. The Bertz CT molecular complexity index is 902. The molecule has 1 aliphatic carbocycles. The van der Waals surface area contributed by atoms with Crippen LogP contribution in [-0.4, -0.2) is 18.3 Å². The third-order valence-electron chi connectivity index (χ3n) is 6.05. The standard InChI is InChI=1S/C21H24FNO2S/c1-16-14-21(12-4-5-13-21)23(15-17-6-2-3-7-20(16)17)26(24,25)19-10-8-18(22)9-11-19/h2-3,6-11,16H,4-5,12-15H2,1H3/t16-/m1/s1. The van der Waals surface area contributed by atoms with Crippen LogP contribution in [0.1, 0.15) is 56.1 Å². The van der Waals surface area contributed by atoms with Crippen molar-refractivity contribution in [2.24, 2.45) is 0 Å². The molecule has 2 aromatic rings. The van der Waals surface area contributed by atoms with Gasteiger partial charge in [0.15, 0.2) is 0 Å². The summed E-state index contributed by atoms with van der Waals surface area (Å²) < 4.78 is 42.1. The highest BCUT2D eigenvalue weighted by atomic mass is 32.2. The summed E-state index contributed by atoms with van der Waals surface area (Å²) in [5, 5.41) is 0. The minimum absolute atomic E-state index is 0.178. The van der Waals surface area contributed by atoms with Crippen molar-refractivity contribution >= 4 is 10.0 Å². The maximum absolute atomic E-state index is 13.5. The molecule has 1 saturated carbocycles. The minimum Gasteiger partial charge on any atom is -0.207 e. The molecule has 5 heteroatoms. The van der Waals surface area contributed by atoms with E-state index < -0.39 is 15.8 Å². The molecule has 26 heavy (non-hydrogen) atoms. The molecule has 1 aliphatic heterocycles. The third-order valence-corrected chi connectivity index (χ3v) is 8.02. The van der Waals surface area contributed by atoms with Gasteiger partial charge in [-0.25, -0.2) is 12.8 Å². The van der Waals surface area contributed by atoms with Gasteiger partial charge >= 0.3 is 0 Å². The Morgan fingerprint density at radius 1 is 1.04 bits per heavy atom. The summed E-state index contributed by atoms with van der Waals surface area (Å²) in [6, 6.07) is 13.4. The monoisotopic (exact) mass is 373 g/mol. The zero-order valence-corrected chi connectivity index (χ0v) is 15.8. The zero-order valence-electron chi connectivity index (χ0n) is 15.0. The summed E-state index contributed by atoms with van der Waals surface area (Å²) in [5.41, 5.74) is 1.98. The SMILES string of the molecule is C[C@@H]1CC2(CCCC2)N(S(=O)(=O)c2ccc(F)cc2)Cc2ccccc21. The predicted octanol–water partition coefficient (Wildman–Crippen LogP) is 4.84. The van der Waals surface area contributed by atoms with Gasteiger partial charge in [-0.1, -0.05) is 44.0 Å². The Morgan fingerprint density at radius 3 is 2.38 bits per heavy atom. The van der Waals surface area contributed by atoms with Gasteiger partial charge in [-0.2, -0.15) is 4.31 Å². The molecular formula is C21H24FNO2S. The molecule has 0 amide bonds. The molecule has 0 N–H and O–H groups in total. The van der Waals surface area contributed by atoms with Crippen LogP contribution in [0.2, 0.25) is 0 Å². The van der Waals surface area contributed by atoms with Crippen LogP contribution < -0.4 is 0 Å². The Hall–Kier alpha value is -1.72. The fourth-order valence-corrected chi connectivity index (χ4v) is 6.63. The summed E-state index contributed by atoms with van der Waals surface area (Å²) in [4.78, 5) is 0.178. The summed E-state index contributed by atoms with van der Waals surface area (Å²) in [7, 11) is -3.69. The highest BCUT2D eigenvalue weighted by molar-refractivity contribution is 7.89. The molecule has 1 atom stereocenters. The number of benzene rings is 2. The van der Waals surface area contributed by atoms with Crippen LogP contribution in [0.15, 0.2) is 53.4 Å². The van der Waals surface area contributed by atoms with E-state index in [0.29, 0.717) is 12.5 Å². The van der Waals surface area contributed by atoms with Gasteiger partial charge in [0.2, 0.25) is 10.0 Å². The van der Waals surface area contributed by atoms with Crippen LogP contribution in [0.5, 0.6) is 0 Å².